The zero-order valence-electron chi connectivity index (χ0n) is 11.4. The summed E-state index contributed by atoms with van der Waals surface area (Å²) in [5.74, 6) is 0.369. The number of carbonyl (C=O) groups excluding carboxylic acids is 1. The van der Waals surface area contributed by atoms with Gasteiger partial charge in [-0.1, -0.05) is 39.3 Å². The van der Waals surface area contributed by atoms with Crippen LogP contribution in [-0.2, 0) is 4.79 Å². The Hall–Kier alpha value is -0.710. The molecule has 0 rings (SSSR count). The van der Waals surface area contributed by atoms with E-state index in [0.717, 1.165) is 18.6 Å². The van der Waals surface area contributed by atoms with Gasteiger partial charge in [0.2, 0.25) is 5.91 Å². The van der Waals surface area contributed by atoms with Crippen molar-refractivity contribution in [1.82, 2.24) is 5.32 Å². The van der Waals surface area contributed by atoms with Crippen LogP contribution in [0.2, 0.25) is 0 Å². The average molecular weight is 260 g/mol. The summed E-state index contributed by atoms with van der Waals surface area (Å²) in [7, 11) is 1.60. The number of hydrogen-bond donors (Lipinski definition) is 2. The first-order valence-electron chi connectivity index (χ1n) is 5.94. The molecule has 0 aromatic rings. The van der Waals surface area contributed by atoms with Gasteiger partial charge in [0, 0.05) is 7.05 Å². The molecule has 0 fully saturated rings. The van der Waals surface area contributed by atoms with Gasteiger partial charge in [-0.25, -0.2) is 0 Å². The molecule has 0 aliphatic carbocycles. The minimum atomic E-state index is -0.403. The van der Waals surface area contributed by atoms with Crippen LogP contribution in [0.25, 0.3) is 0 Å². The summed E-state index contributed by atoms with van der Waals surface area (Å²) in [5.41, 5.74) is -0.263. The van der Waals surface area contributed by atoms with Gasteiger partial charge >= 0.3 is 0 Å². The molecule has 0 saturated heterocycles. The van der Waals surface area contributed by atoms with Gasteiger partial charge < -0.3 is 10.5 Å². The van der Waals surface area contributed by atoms with Crippen LogP contribution in [-0.4, -0.2) is 29.0 Å². The minimum absolute atomic E-state index is 0.103. The Balaban J connectivity index is 4.82. The van der Waals surface area contributed by atoms with Crippen molar-refractivity contribution in [1.29, 1.82) is 0 Å². The summed E-state index contributed by atoms with van der Waals surface area (Å²) in [6.07, 6.45) is 2.14. The number of carbonyl (C=O) groups is 1. The average Bonchev–Trinajstić information content (AvgIpc) is 2.25. The maximum atomic E-state index is 11.9. The van der Waals surface area contributed by atoms with Crippen LogP contribution >= 0.6 is 11.8 Å². The van der Waals surface area contributed by atoms with E-state index in [0.29, 0.717) is 5.04 Å². The number of thioether (sulfide) groups is 1. The van der Waals surface area contributed by atoms with Crippen molar-refractivity contribution in [2.24, 2.45) is 16.5 Å². The molecule has 0 spiro atoms. The Labute approximate surface area is 108 Å². The number of oxime groups is 1. The molecule has 2 N–H and O–H groups in total. The molecule has 5 heteroatoms. The highest BCUT2D eigenvalue weighted by atomic mass is 32.2. The molecular formula is C12H24N2O2S. The van der Waals surface area contributed by atoms with Crippen LogP contribution in [0.1, 0.15) is 40.5 Å². The zero-order chi connectivity index (χ0) is 13.5. The number of rotatable bonds is 5. The second-order valence-corrected chi connectivity index (χ2v) is 6.17. The first-order chi connectivity index (χ1) is 7.88. The number of hydrogen-bond acceptors (Lipinski definition) is 4. The summed E-state index contributed by atoms with van der Waals surface area (Å²) in [5, 5.41) is 15.5. The molecule has 1 atom stereocenters. The fraction of sp³-hybridized carbons (Fsp3) is 0.833. The van der Waals surface area contributed by atoms with E-state index in [2.05, 4.69) is 17.4 Å². The monoisotopic (exact) mass is 260 g/mol. The molecule has 0 saturated carbocycles. The molecule has 0 aromatic heterocycles. The SMILES string of the molecule is CCCCSC(=NO)C(C(=O)NC)C(C)(C)C. The van der Waals surface area contributed by atoms with Crippen molar-refractivity contribution in [3.05, 3.63) is 0 Å². The molecule has 1 unspecified atom stereocenters. The van der Waals surface area contributed by atoms with Crippen LogP contribution in [0.5, 0.6) is 0 Å². The Morgan fingerprint density at radius 3 is 2.41 bits per heavy atom. The van der Waals surface area contributed by atoms with E-state index in [1.807, 2.05) is 20.8 Å². The van der Waals surface area contributed by atoms with Crippen molar-refractivity contribution < 1.29 is 10.0 Å². The summed E-state index contributed by atoms with van der Waals surface area (Å²) < 4.78 is 0. The molecule has 100 valence electrons. The molecule has 0 aliphatic rings. The maximum Gasteiger partial charge on any atom is 0.230 e. The topological polar surface area (TPSA) is 61.7 Å². The predicted octanol–water partition coefficient (Wildman–Crippen LogP) is 2.72. The smallest absolute Gasteiger partial charge is 0.230 e. The molecule has 0 radical (unpaired) electrons. The number of unbranched alkanes of at least 4 members (excludes halogenated alkanes) is 1. The van der Waals surface area contributed by atoms with Crippen molar-refractivity contribution in [3.8, 4) is 0 Å². The van der Waals surface area contributed by atoms with Crippen molar-refractivity contribution >= 4 is 22.7 Å². The Bertz CT molecular complexity index is 272. The first kappa shape index (κ1) is 16.3. The first-order valence-corrected chi connectivity index (χ1v) is 6.93. The molecule has 0 aromatic carbocycles. The highest BCUT2D eigenvalue weighted by Gasteiger charge is 2.35. The third kappa shape index (κ3) is 5.44. The van der Waals surface area contributed by atoms with Gasteiger partial charge in [0.25, 0.3) is 0 Å². The van der Waals surface area contributed by atoms with Crippen molar-refractivity contribution in [2.75, 3.05) is 12.8 Å². The van der Waals surface area contributed by atoms with E-state index in [4.69, 9.17) is 5.21 Å². The summed E-state index contributed by atoms with van der Waals surface area (Å²) in [6.45, 7) is 8.02. The van der Waals surface area contributed by atoms with Gasteiger partial charge in [0.1, 0.15) is 5.04 Å². The lowest BCUT2D eigenvalue weighted by Crippen LogP contribution is -2.40. The van der Waals surface area contributed by atoms with Crippen molar-refractivity contribution in [3.63, 3.8) is 0 Å². The molecule has 17 heavy (non-hydrogen) atoms. The van der Waals surface area contributed by atoms with Crippen LogP contribution < -0.4 is 5.32 Å². The predicted molar refractivity (Wildman–Crippen MR) is 73.6 cm³/mol. The van der Waals surface area contributed by atoms with Gasteiger partial charge in [-0.2, -0.15) is 0 Å². The van der Waals surface area contributed by atoms with Crippen LogP contribution in [0, 0.1) is 11.3 Å². The van der Waals surface area contributed by atoms with Crippen LogP contribution in [0.4, 0.5) is 0 Å². The molecular weight excluding hydrogens is 236 g/mol. The molecule has 0 heterocycles. The summed E-state index contributed by atoms with van der Waals surface area (Å²) in [4.78, 5) is 11.9. The maximum absolute atomic E-state index is 11.9. The Kier molecular flexibility index (Phi) is 7.27. The normalized spacial score (nSPS) is 14.5. The Morgan fingerprint density at radius 1 is 1.47 bits per heavy atom. The van der Waals surface area contributed by atoms with E-state index < -0.39 is 5.92 Å². The summed E-state index contributed by atoms with van der Waals surface area (Å²) in [6, 6.07) is 0. The second-order valence-electron chi connectivity index (χ2n) is 5.05. The largest absolute Gasteiger partial charge is 0.410 e. The quantitative estimate of drug-likeness (QED) is 0.263. The minimum Gasteiger partial charge on any atom is -0.410 e. The van der Waals surface area contributed by atoms with Gasteiger partial charge in [-0.3, -0.25) is 4.79 Å². The third-order valence-corrected chi connectivity index (χ3v) is 3.57. The fourth-order valence-electron chi connectivity index (χ4n) is 1.51. The van der Waals surface area contributed by atoms with Gasteiger partial charge in [0.15, 0.2) is 0 Å². The van der Waals surface area contributed by atoms with E-state index in [9.17, 15) is 4.79 Å². The zero-order valence-corrected chi connectivity index (χ0v) is 12.2. The fourth-order valence-corrected chi connectivity index (χ4v) is 2.84. The van der Waals surface area contributed by atoms with E-state index in [1.54, 1.807) is 7.05 Å². The standard InChI is InChI=1S/C12H24N2O2S/c1-6-7-8-17-11(14-16)9(10(15)13-5)12(2,3)4/h9,16H,6-8H2,1-5H3,(H,13,15). The van der Waals surface area contributed by atoms with Crippen LogP contribution in [0.3, 0.4) is 0 Å². The Morgan fingerprint density at radius 2 is 2.06 bits per heavy atom. The van der Waals surface area contributed by atoms with Gasteiger partial charge in [0.05, 0.1) is 5.92 Å². The lowest BCUT2D eigenvalue weighted by atomic mass is 9.80. The van der Waals surface area contributed by atoms with Crippen LogP contribution in [0.15, 0.2) is 5.16 Å². The van der Waals surface area contributed by atoms with Gasteiger partial charge in [-0.05, 0) is 17.6 Å². The third-order valence-electron chi connectivity index (χ3n) is 2.47. The highest BCUT2D eigenvalue weighted by molar-refractivity contribution is 8.14. The molecule has 0 aliphatic heterocycles. The number of amides is 1. The van der Waals surface area contributed by atoms with Crippen molar-refractivity contribution in [2.45, 2.75) is 40.5 Å². The number of nitrogens with zero attached hydrogens (tertiary/aromatic N) is 1. The second kappa shape index (κ2) is 7.58. The molecule has 1 amide bonds. The van der Waals surface area contributed by atoms with E-state index >= 15 is 0 Å². The number of nitrogens with one attached hydrogen (secondary N) is 1. The van der Waals surface area contributed by atoms with E-state index in [1.165, 1.54) is 11.8 Å². The molecule has 0 bridgehead atoms. The summed E-state index contributed by atoms with van der Waals surface area (Å²) >= 11 is 1.46. The molecule has 4 nitrogen and oxygen atoms in total. The highest BCUT2D eigenvalue weighted by Crippen LogP contribution is 2.31. The lowest BCUT2D eigenvalue weighted by Gasteiger charge is -2.29. The van der Waals surface area contributed by atoms with Gasteiger partial charge in [-0.15, -0.1) is 11.8 Å². The lowest BCUT2D eigenvalue weighted by molar-refractivity contribution is -0.124. The van der Waals surface area contributed by atoms with E-state index in [-0.39, 0.29) is 11.3 Å².